The largest absolute Gasteiger partial charge is 0.389 e. The van der Waals surface area contributed by atoms with Crippen LogP contribution < -0.4 is 5.32 Å². The summed E-state index contributed by atoms with van der Waals surface area (Å²) in [7, 11) is -2.30. The van der Waals surface area contributed by atoms with Crippen molar-refractivity contribution in [2.24, 2.45) is 0 Å². The molecule has 6 nitrogen and oxygen atoms in total. The molecule has 0 saturated carbocycles. The molecule has 0 radical (unpaired) electrons. The molecule has 0 aliphatic heterocycles. The van der Waals surface area contributed by atoms with Crippen molar-refractivity contribution in [3.63, 3.8) is 0 Å². The highest BCUT2D eigenvalue weighted by atomic mass is 79.9. The molecule has 2 N–H and O–H groups in total. The Morgan fingerprint density at radius 2 is 2.10 bits per heavy atom. The van der Waals surface area contributed by atoms with Crippen molar-refractivity contribution in [2.75, 3.05) is 25.5 Å². The summed E-state index contributed by atoms with van der Waals surface area (Å²) in [4.78, 5) is 4.23. The standard InChI is InChI=1S/C13H22BrN3O3S/c1-5-6-15-12-11(7-10(14)8-16-12)21(19,20)17(4)9-13(2,3)18/h7-8,18H,5-6,9H2,1-4H3,(H,15,16). The van der Waals surface area contributed by atoms with Gasteiger partial charge in [-0.2, -0.15) is 4.31 Å². The number of pyridine rings is 1. The van der Waals surface area contributed by atoms with E-state index < -0.39 is 15.6 Å². The lowest BCUT2D eigenvalue weighted by atomic mass is 10.1. The Morgan fingerprint density at radius 1 is 1.48 bits per heavy atom. The van der Waals surface area contributed by atoms with Gasteiger partial charge in [0, 0.05) is 30.8 Å². The monoisotopic (exact) mass is 379 g/mol. The van der Waals surface area contributed by atoms with Crippen molar-refractivity contribution < 1.29 is 13.5 Å². The molecule has 21 heavy (non-hydrogen) atoms. The van der Waals surface area contributed by atoms with E-state index in [0.717, 1.165) is 10.7 Å². The summed E-state index contributed by atoms with van der Waals surface area (Å²) in [6.07, 6.45) is 2.41. The average molecular weight is 380 g/mol. The van der Waals surface area contributed by atoms with Gasteiger partial charge < -0.3 is 10.4 Å². The van der Waals surface area contributed by atoms with E-state index in [1.54, 1.807) is 20.0 Å². The highest BCUT2D eigenvalue weighted by Gasteiger charge is 2.29. The molecule has 0 fully saturated rings. The zero-order valence-electron chi connectivity index (χ0n) is 12.7. The first-order valence-corrected chi connectivity index (χ1v) is 8.89. The van der Waals surface area contributed by atoms with Gasteiger partial charge in [0.05, 0.1) is 5.60 Å². The number of likely N-dealkylation sites (N-methyl/N-ethyl adjacent to an activating group) is 1. The van der Waals surface area contributed by atoms with E-state index in [1.165, 1.54) is 13.1 Å². The first-order chi connectivity index (χ1) is 9.58. The second kappa shape index (κ2) is 7.04. The number of aromatic nitrogens is 1. The minimum Gasteiger partial charge on any atom is -0.389 e. The van der Waals surface area contributed by atoms with Crippen molar-refractivity contribution in [3.8, 4) is 0 Å². The van der Waals surface area contributed by atoms with E-state index in [4.69, 9.17) is 0 Å². The zero-order chi connectivity index (χ0) is 16.3. The van der Waals surface area contributed by atoms with Crippen LogP contribution in [0, 0.1) is 0 Å². The summed E-state index contributed by atoms with van der Waals surface area (Å²) in [6.45, 7) is 5.74. The van der Waals surface area contributed by atoms with E-state index in [9.17, 15) is 13.5 Å². The van der Waals surface area contributed by atoms with Gasteiger partial charge in [0.1, 0.15) is 10.7 Å². The van der Waals surface area contributed by atoms with Crippen LogP contribution in [0.25, 0.3) is 0 Å². The molecule has 1 rings (SSSR count). The lowest BCUT2D eigenvalue weighted by Gasteiger charge is -2.25. The minimum atomic E-state index is -3.74. The summed E-state index contributed by atoms with van der Waals surface area (Å²) in [5.41, 5.74) is -1.11. The van der Waals surface area contributed by atoms with Crippen LogP contribution in [0.15, 0.2) is 21.6 Å². The summed E-state index contributed by atoms with van der Waals surface area (Å²) < 4.78 is 27.0. The molecule has 1 aromatic heterocycles. The molecule has 0 aromatic carbocycles. The summed E-state index contributed by atoms with van der Waals surface area (Å²) in [5, 5.41) is 12.8. The van der Waals surface area contributed by atoms with Crippen LogP contribution >= 0.6 is 15.9 Å². The van der Waals surface area contributed by atoms with Gasteiger partial charge in [-0.15, -0.1) is 0 Å². The molecule has 0 atom stereocenters. The first kappa shape index (κ1) is 18.3. The van der Waals surface area contributed by atoms with Crippen LogP contribution in [0.4, 0.5) is 5.82 Å². The van der Waals surface area contributed by atoms with Crippen LogP contribution in [-0.2, 0) is 10.0 Å². The predicted octanol–water partition coefficient (Wildman–Crippen LogP) is 2.06. The summed E-state index contributed by atoms with van der Waals surface area (Å²) in [5.74, 6) is 0.322. The molecule has 1 aromatic rings. The molecule has 0 amide bonds. The van der Waals surface area contributed by atoms with Crippen molar-refractivity contribution in [2.45, 2.75) is 37.7 Å². The van der Waals surface area contributed by atoms with Gasteiger partial charge in [-0.1, -0.05) is 6.92 Å². The molecular weight excluding hydrogens is 358 g/mol. The summed E-state index contributed by atoms with van der Waals surface area (Å²) in [6, 6.07) is 1.52. The van der Waals surface area contributed by atoms with Crippen LogP contribution in [0.3, 0.4) is 0 Å². The average Bonchev–Trinajstić information content (AvgIpc) is 2.35. The van der Waals surface area contributed by atoms with Gasteiger partial charge >= 0.3 is 0 Å². The lowest BCUT2D eigenvalue weighted by Crippen LogP contribution is -2.39. The number of anilines is 1. The SMILES string of the molecule is CCCNc1ncc(Br)cc1S(=O)(=O)N(C)CC(C)(C)O. The third-order valence-electron chi connectivity index (χ3n) is 2.66. The smallest absolute Gasteiger partial charge is 0.246 e. The number of nitrogens with zero attached hydrogens (tertiary/aromatic N) is 2. The molecule has 8 heteroatoms. The van der Waals surface area contributed by atoms with Crippen molar-refractivity contribution in [3.05, 3.63) is 16.7 Å². The van der Waals surface area contributed by atoms with E-state index in [0.29, 0.717) is 16.8 Å². The number of aliphatic hydroxyl groups is 1. The Labute approximate surface area is 134 Å². The summed E-state index contributed by atoms with van der Waals surface area (Å²) >= 11 is 3.24. The van der Waals surface area contributed by atoms with Crippen LogP contribution in [0.1, 0.15) is 27.2 Å². The molecule has 0 bridgehead atoms. The van der Waals surface area contributed by atoms with E-state index in [1.807, 2.05) is 6.92 Å². The normalized spacial score (nSPS) is 12.7. The Kier molecular flexibility index (Phi) is 6.15. The predicted molar refractivity (Wildman–Crippen MR) is 86.8 cm³/mol. The van der Waals surface area contributed by atoms with Gasteiger partial charge in [-0.25, -0.2) is 13.4 Å². The number of rotatable bonds is 7. The molecule has 0 spiro atoms. The fourth-order valence-electron chi connectivity index (χ4n) is 1.79. The zero-order valence-corrected chi connectivity index (χ0v) is 15.1. The first-order valence-electron chi connectivity index (χ1n) is 6.66. The highest BCUT2D eigenvalue weighted by Crippen LogP contribution is 2.26. The van der Waals surface area contributed by atoms with Gasteiger partial charge in [0.2, 0.25) is 10.0 Å². The Balaban J connectivity index is 3.20. The number of nitrogens with one attached hydrogen (secondary N) is 1. The van der Waals surface area contributed by atoms with Crippen molar-refractivity contribution in [1.82, 2.24) is 9.29 Å². The molecule has 0 saturated heterocycles. The van der Waals surface area contributed by atoms with E-state index >= 15 is 0 Å². The maximum atomic E-state index is 12.7. The minimum absolute atomic E-state index is 0.00490. The number of sulfonamides is 1. The van der Waals surface area contributed by atoms with E-state index in [2.05, 4.69) is 26.2 Å². The molecule has 0 aliphatic rings. The number of hydrogen-bond donors (Lipinski definition) is 2. The van der Waals surface area contributed by atoms with Crippen molar-refractivity contribution >= 4 is 31.8 Å². The lowest BCUT2D eigenvalue weighted by molar-refractivity contribution is 0.0640. The number of halogens is 1. The highest BCUT2D eigenvalue weighted by molar-refractivity contribution is 9.10. The van der Waals surface area contributed by atoms with Crippen LogP contribution in [-0.4, -0.2) is 48.6 Å². The fraction of sp³-hybridized carbons (Fsp3) is 0.615. The van der Waals surface area contributed by atoms with Gasteiger partial charge in [-0.05, 0) is 42.3 Å². The molecule has 1 heterocycles. The molecule has 0 unspecified atom stereocenters. The molecule has 120 valence electrons. The third kappa shape index (κ3) is 5.21. The quantitative estimate of drug-likeness (QED) is 0.757. The Hall–Kier alpha value is -0.700. The van der Waals surface area contributed by atoms with Gasteiger partial charge in [0.15, 0.2) is 0 Å². The van der Waals surface area contributed by atoms with Crippen LogP contribution in [0.2, 0.25) is 0 Å². The second-order valence-electron chi connectivity index (χ2n) is 5.50. The van der Waals surface area contributed by atoms with Gasteiger partial charge in [-0.3, -0.25) is 0 Å². The van der Waals surface area contributed by atoms with Crippen molar-refractivity contribution in [1.29, 1.82) is 0 Å². The van der Waals surface area contributed by atoms with E-state index in [-0.39, 0.29) is 11.4 Å². The van der Waals surface area contributed by atoms with Crippen LogP contribution in [0.5, 0.6) is 0 Å². The molecular formula is C13H22BrN3O3S. The number of hydrogen-bond acceptors (Lipinski definition) is 5. The maximum Gasteiger partial charge on any atom is 0.246 e. The third-order valence-corrected chi connectivity index (χ3v) is 4.91. The van der Waals surface area contributed by atoms with Gasteiger partial charge in [0.25, 0.3) is 0 Å². The Bertz CT molecular complexity index is 585. The fourth-order valence-corrected chi connectivity index (χ4v) is 3.74. The topological polar surface area (TPSA) is 82.5 Å². The maximum absolute atomic E-state index is 12.7. The second-order valence-corrected chi connectivity index (χ2v) is 8.43. The Morgan fingerprint density at radius 3 is 2.62 bits per heavy atom. The molecule has 0 aliphatic carbocycles.